The third-order valence-corrected chi connectivity index (χ3v) is 3.74. The van der Waals surface area contributed by atoms with Gasteiger partial charge in [0.15, 0.2) is 0 Å². The fourth-order valence-corrected chi connectivity index (χ4v) is 2.68. The molecule has 1 aromatic rings. The zero-order valence-corrected chi connectivity index (χ0v) is 11.7. The van der Waals surface area contributed by atoms with Crippen molar-refractivity contribution in [3.05, 3.63) is 9.47 Å². The molecule has 0 radical (unpaired) electrons. The van der Waals surface area contributed by atoms with Gasteiger partial charge in [-0.05, 0) is 25.4 Å². The van der Waals surface area contributed by atoms with Crippen molar-refractivity contribution >= 4 is 34.8 Å². The van der Waals surface area contributed by atoms with Gasteiger partial charge in [-0.2, -0.15) is 0 Å². The van der Waals surface area contributed by atoms with Crippen LogP contribution in [0.25, 0.3) is 0 Å². The Labute approximate surface area is 114 Å². The Kier molecular flexibility index (Phi) is 3.82. The standard InChI is InChI=1S/C10H13ClN4O2S/c1-6(2)15-4-3-14(8(16)9(15)17)5-7-12-13-10(11)18-7/h6H,3-5H2,1-2H3. The minimum Gasteiger partial charge on any atom is -0.330 e. The van der Waals surface area contributed by atoms with E-state index >= 15 is 0 Å². The summed E-state index contributed by atoms with van der Waals surface area (Å²) in [7, 11) is 0. The molecule has 0 aliphatic carbocycles. The second-order valence-electron chi connectivity index (χ2n) is 4.27. The molecule has 0 unspecified atom stereocenters. The van der Waals surface area contributed by atoms with Gasteiger partial charge in [0, 0.05) is 19.1 Å². The molecule has 2 heterocycles. The van der Waals surface area contributed by atoms with Crippen molar-refractivity contribution in [1.82, 2.24) is 20.0 Å². The number of halogens is 1. The number of amides is 2. The van der Waals surface area contributed by atoms with E-state index in [0.29, 0.717) is 29.1 Å². The maximum atomic E-state index is 11.9. The topological polar surface area (TPSA) is 66.4 Å². The van der Waals surface area contributed by atoms with Gasteiger partial charge in [-0.25, -0.2) is 0 Å². The quantitative estimate of drug-likeness (QED) is 0.771. The molecular weight excluding hydrogens is 276 g/mol. The summed E-state index contributed by atoms with van der Waals surface area (Å²) < 4.78 is 0.338. The number of carbonyl (C=O) groups excluding carboxylic acids is 2. The number of piperazine rings is 1. The van der Waals surface area contributed by atoms with Gasteiger partial charge in [0.05, 0.1) is 6.54 Å². The fraction of sp³-hybridized carbons (Fsp3) is 0.600. The van der Waals surface area contributed by atoms with Gasteiger partial charge in [-0.3, -0.25) is 9.59 Å². The normalized spacial score (nSPS) is 16.9. The molecule has 2 rings (SSSR count). The minimum absolute atomic E-state index is 0.0413. The molecule has 1 saturated heterocycles. The SMILES string of the molecule is CC(C)N1CCN(Cc2nnc(Cl)s2)C(=O)C1=O. The molecule has 0 saturated carbocycles. The lowest BCUT2D eigenvalue weighted by atomic mass is 10.2. The summed E-state index contributed by atoms with van der Waals surface area (Å²) in [6, 6.07) is 0.0413. The molecule has 0 N–H and O–H groups in total. The van der Waals surface area contributed by atoms with Gasteiger partial charge in [-0.15, -0.1) is 10.2 Å². The molecule has 1 aromatic heterocycles. The van der Waals surface area contributed by atoms with Crippen molar-refractivity contribution in [1.29, 1.82) is 0 Å². The monoisotopic (exact) mass is 288 g/mol. The molecule has 0 aromatic carbocycles. The lowest BCUT2D eigenvalue weighted by Gasteiger charge is -2.35. The smallest absolute Gasteiger partial charge is 0.312 e. The molecule has 0 atom stereocenters. The number of hydrogen-bond donors (Lipinski definition) is 0. The summed E-state index contributed by atoms with van der Waals surface area (Å²) in [4.78, 5) is 26.8. The largest absolute Gasteiger partial charge is 0.330 e. The van der Waals surface area contributed by atoms with Crippen LogP contribution in [-0.4, -0.2) is 50.9 Å². The molecule has 1 fully saturated rings. The Morgan fingerprint density at radius 1 is 1.28 bits per heavy atom. The van der Waals surface area contributed by atoms with Crippen LogP contribution >= 0.6 is 22.9 Å². The molecule has 0 spiro atoms. The molecule has 8 heteroatoms. The zero-order valence-electron chi connectivity index (χ0n) is 10.1. The summed E-state index contributed by atoms with van der Waals surface area (Å²) in [5, 5.41) is 8.15. The Bertz CT molecular complexity index is 476. The summed E-state index contributed by atoms with van der Waals surface area (Å²) in [5.74, 6) is -0.937. The van der Waals surface area contributed by atoms with Crippen LogP contribution in [0, 0.1) is 0 Å². The lowest BCUT2D eigenvalue weighted by molar-refractivity contribution is -0.157. The van der Waals surface area contributed by atoms with Gasteiger partial charge in [0.2, 0.25) is 4.47 Å². The van der Waals surface area contributed by atoms with E-state index < -0.39 is 11.8 Å². The summed E-state index contributed by atoms with van der Waals surface area (Å²) >= 11 is 6.89. The summed E-state index contributed by atoms with van der Waals surface area (Å²) in [6.45, 7) is 5.15. The van der Waals surface area contributed by atoms with Crippen molar-refractivity contribution in [2.24, 2.45) is 0 Å². The first-order chi connectivity index (χ1) is 8.49. The van der Waals surface area contributed by atoms with Crippen LogP contribution in [0.2, 0.25) is 4.47 Å². The predicted molar refractivity (Wildman–Crippen MR) is 67.2 cm³/mol. The number of carbonyl (C=O) groups is 2. The van der Waals surface area contributed by atoms with E-state index in [9.17, 15) is 9.59 Å². The Balaban J connectivity index is 2.04. The van der Waals surface area contributed by atoms with Gasteiger partial charge in [0.25, 0.3) is 0 Å². The van der Waals surface area contributed by atoms with Crippen LogP contribution in [0.1, 0.15) is 18.9 Å². The van der Waals surface area contributed by atoms with Crippen molar-refractivity contribution in [3.63, 3.8) is 0 Å². The van der Waals surface area contributed by atoms with E-state index in [0.717, 1.165) is 0 Å². The Hall–Kier alpha value is -1.21. The highest BCUT2D eigenvalue weighted by Crippen LogP contribution is 2.18. The second kappa shape index (κ2) is 5.19. The molecule has 18 heavy (non-hydrogen) atoms. The van der Waals surface area contributed by atoms with Crippen LogP contribution in [-0.2, 0) is 16.1 Å². The first-order valence-corrected chi connectivity index (χ1v) is 6.76. The zero-order chi connectivity index (χ0) is 13.3. The van der Waals surface area contributed by atoms with Crippen LogP contribution in [0.15, 0.2) is 0 Å². The van der Waals surface area contributed by atoms with Crippen molar-refractivity contribution in [2.45, 2.75) is 26.4 Å². The first kappa shape index (κ1) is 13.2. The molecule has 98 valence electrons. The maximum Gasteiger partial charge on any atom is 0.312 e. The first-order valence-electron chi connectivity index (χ1n) is 5.57. The van der Waals surface area contributed by atoms with Crippen molar-refractivity contribution in [2.75, 3.05) is 13.1 Å². The van der Waals surface area contributed by atoms with E-state index in [4.69, 9.17) is 11.6 Å². The highest BCUT2D eigenvalue weighted by molar-refractivity contribution is 7.15. The summed E-state index contributed by atoms with van der Waals surface area (Å²) in [6.07, 6.45) is 0. The third kappa shape index (κ3) is 2.62. The highest BCUT2D eigenvalue weighted by Gasteiger charge is 2.34. The maximum absolute atomic E-state index is 11.9. The average Bonchev–Trinajstić information content (AvgIpc) is 2.70. The van der Waals surface area contributed by atoms with Crippen molar-refractivity contribution in [3.8, 4) is 0 Å². The Morgan fingerprint density at radius 2 is 2.00 bits per heavy atom. The van der Waals surface area contributed by atoms with Gasteiger partial charge >= 0.3 is 11.8 Å². The molecule has 0 bridgehead atoms. The van der Waals surface area contributed by atoms with E-state index in [2.05, 4.69) is 10.2 Å². The molecular formula is C10H13ClN4O2S. The highest BCUT2D eigenvalue weighted by atomic mass is 35.5. The second-order valence-corrected chi connectivity index (χ2v) is 5.91. The molecule has 6 nitrogen and oxygen atoms in total. The number of aromatic nitrogens is 2. The van der Waals surface area contributed by atoms with Crippen molar-refractivity contribution < 1.29 is 9.59 Å². The Morgan fingerprint density at radius 3 is 2.56 bits per heavy atom. The van der Waals surface area contributed by atoms with E-state index in [1.165, 1.54) is 16.2 Å². The number of nitrogens with zero attached hydrogens (tertiary/aromatic N) is 4. The van der Waals surface area contributed by atoms with Crippen LogP contribution < -0.4 is 0 Å². The summed E-state index contributed by atoms with van der Waals surface area (Å²) in [5.41, 5.74) is 0. The van der Waals surface area contributed by atoms with Gasteiger partial charge < -0.3 is 9.80 Å². The van der Waals surface area contributed by atoms with E-state index in [1.807, 2.05) is 13.8 Å². The molecule has 2 amide bonds. The minimum atomic E-state index is -0.485. The average molecular weight is 289 g/mol. The fourth-order valence-electron chi connectivity index (χ4n) is 1.79. The van der Waals surface area contributed by atoms with Crippen LogP contribution in [0.4, 0.5) is 0 Å². The van der Waals surface area contributed by atoms with Crippen LogP contribution in [0.5, 0.6) is 0 Å². The third-order valence-electron chi connectivity index (χ3n) is 2.73. The van der Waals surface area contributed by atoms with E-state index in [-0.39, 0.29) is 6.04 Å². The van der Waals surface area contributed by atoms with E-state index in [1.54, 1.807) is 4.90 Å². The van der Waals surface area contributed by atoms with Gasteiger partial charge in [0.1, 0.15) is 5.01 Å². The number of hydrogen-bond acceptors (Lipinski definition) is 5. The molecule has 1 aliphatic heterocycles. The molecule has 1 aliphatic rings. The number of rotatable bonds is 3. The van der Waals surface area contributed by atoms with Crippen LogP contribution in [0.3, 0.4) is 0 Å². The lowest BCUT2D eigenvalue weighted by Crippen LogP contribution is -2.55. The van der Waals surface area contributed by atoms with Gasteiger partial charge in [-0.1, -0.05) is 11.3 Å². The predicted octanol–water partition coefficient (Wildman–Crippen LogP) is 0.771.